The zero-order valence-corrected chi connectivity index (χ0v) is 15.5. The molecule has 0 N–H and O–H groups in total. The Labute approximate surface area is 140 Å². The number of para-hydroxylation sites is 1. The van der Waals surface area contributed by atoms with Crippen molar-refractivity contribution in [3.8, 4) is 0 Å². The van der Waals surface area contributed by atoms with Gasteiger partial charge in [-0.1, -0.05) is 65.8 Å². The Kier molecular flexibility index (Phi) is 3.86. The smallest absolute Gasteiger partial charge is 0.0745 e. The van der Waals surface area contributed by atoms with Gasteiger partial charge in [-0.15, -0.1) is 0 Å². The summed E-state index contributed by atoms with van der Waals surface area (Å²) in [6.45, 7) is 13.7. The van der Waals surface area contributed by atoms with Crippen molar-refractivity contribution in [2.24, 2.45) is 0 Å². The quantitative estimate of drug-likeness (QED) is 0.594. The third kappa shape index (κ3) is 2.94. The number of fused-ring (bicyclic) bond motifs is 1. The summed E-state index contributed by atoms with van der Waals surface area (Å²) < 4.78 is 0. The molecule has 0 saturated heterocycles. The van der Waals surface area contributed by atoms with E-state index in [1.165, 1.54) is 52.4 Å². The number of rotatable bonds is 1. The van der Waals surface area contributed by atoms with Gasteiger partial charge in [-0.2, -0.15) is 0 Å². The highest BCUT2D eigenvalue weighted by Gasteiger charge is 2.26. The van der Waals surface area contributed by atoms with E-state index in [1.807, 2.05) is 0 Å². The van der Waals surface area contributed by atoms with Crippen LogP contribution in [0.5, 0.6) is 0 Å². The zero-order valence-electron chi connectivity index (χ0n) is 15.5. The van der Waals surface area contributed by atoms with Crippen LogP contribution in [0.15, 0.2) is 30.5 Å². The lowest BCUT2D eigenvalue weighted by Gasteiger charge is -2.27. The van der Waals surface area contributed by atoms with Crippen LogP contribution in [0.1, 0.15) is 77.5 Å². The summed E-state index contributed by atoms with van der Waals surface area (Å²) in [5.74, 6) is 0. The number of hydrogen-bond acceptors (Lipinski definition) is 1. The second-order valence-electron chi connectivity index (χ2n) is 8.87. The first-order valence-corrected chi connectivity index (χ1v) is 8.81. The first-order chi connectivity index (χ1) is 10.7. The van der Waals surface area contributed by atoms with Crippen molar-refractivity contribution in [2.75, 3.05) is 0 Å². The molecule has 0 atom stereocenters. The third-order valence-electron chi connectivity index (χ3n) is 4.88. The highest BCUT2D eigenvalue weighted by molar-refractivity contribution is 5.95. The van der Waals surface area contributed by atoms with E-state index in [0.717, 1.165) is 0 Å². The molecule has 1 aromatic carbocycles. The molecule has 3 rings (SSSR count). The molecular formula is C22H29N. The Morgan fingerprint density at radius 2 is 1.61 bits per heavy atom. The summed E-state index contributed by atoms with van der Waals surface area (Å²) in [5, 5.41) is 1.33. The van der Waals surface area contributed by atoms with Gasteiger partial charge in [0.25, 0.3) is 0 Å². The lowest BCUT2D eigenvalue weighted by molar-refractivity contribution is 0.584. The van der Waals surface area contributed by atoms with Gasteiger partial charge in [0.05, 0.1) is 5.52 Å². The Morgan fingerprint density at radius 3 is 2.17 bits per heavy atom. The highest BCUT2D eigenvalue weighted by atomic mass is 14.7. The molecule has 1 aliphatic rings. The first kappa shape index (κ1) is 16.2. The van der Waals surface area contributed by atoms with Crippen molar-refractivity contribution >= 4 is 16.5 Å². The molecule has 1 nitrogen and oxygen atoms in total. The Balaban J connectivity index is 2.39. The van der Waals surface area contributed by atoms with Gasteiger partial charge in [0, 0.05) is 11.6 Å². The number of nitrogens with zero attached hydrogens (tertiary/aromatic N) is 1. The van der Waals surface area contributed by atoms with Gasteiger partial charge >= 0.3 is 0 Å². The molecule has 0 aliphatic heterocycles. The molecule has 1 heteroatoms. The largest absolute Gasteiger partial charge is 0.256 e. The van der Waals surface area contributed by atoms with E-state index in [1.54, 1.807) is 0 Å². The molecule has 1 aliphatic carbocycles. The molecule has 0 unspecified atom stereocenters. The van der Waals surface area contributed by atoms with Gasteiger partial charge in [-0.3, -0.25) is 4.98 Å². The minimum atomic E-state index is 0.108. The molecule has 1 aromatic heterocycles. The maximum Gasteiger partial charge on any atom is 0.0745 e. The van der Waals surface area contributed by atoms with Crippen LogP contribution in [0.4, 0.5) is 0 Å². The van der Waals surface area contributed by atoms with Crippen molar-refractivity contribution in [3.63, 3.8) is 0 Å². The Morgan fingerprint density at radius 1 is 0.913 bits per heavy atom. The summed E-state index contributed by atoms with van der Waals surface area (Å²) in [4.78, 5) is 4.92. The van der Waals surface area contributed by atoms with Gasteiger partial charge < -0.3 is 0 Å². The highest BCUT2D eigenvalue weighted by Crippen LogP contribution is 2.40. The predicted octanol–water partition coefficient (Wildman–Crippen LogP) is 6.40. The van der Waals surface area contributed by atoms with Crippen LogP contribution < -0.4 is 0 Å². The minimum absolute atomic E-state index is 0.108. The molecule has 0 spiro atoms. The van der Waals surface area contributed by atoms with Crippen molar-refractivity contribution in [1.82, 2.24) is 4.98 Å². The van der Waals surface area contributed by atoms with Gasteiger partial charge in [0.15, 0.2) is 0 Å². The van der Waals surface area contributed by atoms with E-state index in [-0.39, 0.29) is 10.8 Å². The van der Waals surface area contributed by atoms with E-state index < -0.39 is 0 Å². The summed E-state index contributed by atoms with van der Waals surface area (Å²) in [7, 11) is 0. The van der Waals surface area contributed by atoms with Gasteiger partial charge in [0.2, 0.25) is 0 Å². The zero-order chi connectivity index (χ0) is 16.8. The molecule has 23 heavy (non-hydrogen) atoms. The molecule has 0 radical (unpaired) electrons. The van der Waals surface area contributed by atoms with Crippen LogP contribution in [-0.2, 0) is 10.8 Å². The minimum Gasteiger partial charge on any atom is -0.256 e. The maximum atomic E-state index is 4.92. The summed E-state index contributed by atoms with van der Waals surface area (Å²) >= 11 is 0. The molecule has 0 saturated carbocycles. The average Bonchev–Trinajstić information content (AvgIpc) is 2.97. The van der Waals surface area contributed by atoms with Crippen molar-refractivity contribution in [1.29, 1.82) is 0 Å². The van der Waals surface area contributed by atoms with Crippen LogP contribution in [0.2, 0.25) is 0 Å². The van der Waals surface area contributed by atoms with Gasteiger partial charge in [-0.25, -0.2) is 0 Å². The monoisotopic (exact) mass is 307 g/mol. The van der Waals surface area contributed by atoms with Crippen LogP contribution in [0.3, 0.4) is 0 Å². The maximum absolute atomic E-state index is 4.92. The van der Waals surface area contributed by atoms with E-state index in [4.69, 9.17) is 4.98 Å². The molecule has 122 valence electrons. The number of allylic oxidation sites excluding steroid dienone is 2. The van der Waals surface area contributed by atoms with E-state index >= 15 is 0 Å². The van der Waals surface area contributed by atoms with Crippen LogP contribution in [-0.4, -0.2) is 4.98 Å². The molecule has 0 amide bonds. The van der Waals surface area contributed by atoms with Crippen molar-refractivity contribution in [2.45, 2.75) is 71.6 Å². The number of aromatic nitrogens is 1. The first-order valence-electron chi connectivity index (χ1n) is 8.81. The molecular weight excluding hydrogens is 278 g/mol. The number of hydrogen-bond donors (Lipinski definition) is 0. The van der Waals surface area contributed by atoms with E-state index in [9.17, 15) is 0 Å². The summed E-state index contributed by atoms with van der Waals surface area (Å²) in [6.07, 6.45) is 8.26. The number of benzene rings is 1. The summed E-state index contributed by atoms with van der Waals surface area (Å²) in [6, 6.07) is 6.70. The Hall–Kier alpha value is -1.63. The Bertz CT molecular complexity index is 767. The average molecular weight is 307 g/mol. The van der Waals surface area contributed by atoms with Crippen LogP contribution in [0.25, 0.3) is 16.5 Å². The fourth-order valence-corrected chi connectivity index (χ4v) is 3.64. The second-order valence-corrected chi connectivity index (χ2v) is 8.87. The lowest BCUT2D eigenvalue weighted by atomic mass is 9.79. The van der Waals surface area contributed by atoms with Gasteiger partial charge in [0.1, 0.15) is 0 Å². The predicted molar refractivity (Wildman–Crippen MR) is 101 cm³/mol. The lowest BCUT2D eigenvalue weighted by Crippen LogP contribution is -2.17. The molecule has 0 bridgehead atoms. The van der Waals surface area contributed by atoms with Gasteiger partial charge in [-0.05, 0) is 52.4 Å². The summed E-state index contributed by atoms with van der Waals surface area (Å²) in [5.41, 5.74) is 7.09. The van der Waals surface area contributed by atoms with E-state index in [0.29, 0.717) is 0 Å². The van der Waals surface area contributed by atoms with Crippen LogP contribution >= 0.6 is 0 Å². The SMILES string of the molecule is CC(C)(C)c1cnc2c(C(C)(C)C)cccc2c1C1=CCCC1. The fourth-order valence-electron chi connectivity index (χ4n) is 3.64. The molecule has 1 heterocycles. The van der Waals surface area contributed by atoms with Crippen LogP contribution in [0, 0.1) is 0 Å². The second kappa shape index (κ2) is 5.47. The third-order valence-corrected chi connectivity index (χ3v) is 4.88. The van der Waals surface area contributed by atoms with E-state index in [2.05, 4.69) is 72.0 Å². The number of pyridine rings is 1. The molecule has 2 aromatic rings. The van der Waals surface area contributed by atoms with Crippen molar-refractivity contribution in [3.05, 3.63) is 47.2 Å². The van der Waals surface area contributed by atoms with Crippen molar-refractivity contribution < 1.29 is 0 Å². The normalized spacial score (nSPS) is 16.0. The standard InChI is InChI=1S/C22H29N/c1-21(2,3)17-13-9-12-16-19(15-10-7-8-11-15)18(22(4,5)6)14-23-20(16)17/h9-10,12-14H,7-8,11H2,1-6H3. The fraction of sp³-hybridized carbons (Fsp3) is 0.500. The molecule has 0 fully saturated rings. The topological polar surface area (TPSA) is 12.9 Å².